The SMILES string of the molecule is COC(=O)[C@@H](NC(=O)N[C@@H](Cc1ccccc1)NC(=O)OC(C)(C)C)C(C)C. The maximum Gasteiger partial charge on any atom is 0.409 e. The molecule has 0 saturated heterocycles. The third-order valence-electron chi connectivity index (χ3n) is 3.69. The first-order chi connectivity index (χ1) is 13.0. The van der Waals surface area contributed by atoms with E-state index in [-0.39, 0.29) is 5.92 Å². The molecular weight excluding hydrogens is 362 g/mol. The molecule has 0 radical (unpaired) electrons. The lowest BCUT2D eigenvalue weighted by Crippen LogP contribution is -2.56. The lowest BCUT2D eigenvalue weighted by Gasteiger charge is -2.26. The van der Waals surface area contributed by atoms with Crippen LogP contribution < -0.4 is 16.0 Å². The fourth-order valence-corrected chi connectivity index (χ4v) is 2.40. The van der Waals surface area contributed by atoms with Crippen molar-refractivity contribution in [2.45, 2.75) is 58.8 Å². The molecule has 1 aromatic carbocycles. The number of ether oxygens (including phenoxy) is 2. The Kier molecular flexibility index (Phi) is 8.76. The molecule has 1 rings (SSSR count). The minimum Gasteiger partial charge on any atom is -0.467 e. The summed E-state index contributed by atoms with van der Waals surface area (Å²) in [6.07, 6.45) is -1.04. The Morgan fingerprint density at radius 3 is 2.11 bits per heavy atom. The second-order valence-corrected chi connectivity index (χ2v) is 7.75. The van der Waals surface area contributed by atoms with Crippen LogP contribution in [0.4, 0.5) is 9.59 Å². The molecule has 0 fully saturated rings. The fourth-order valence-electron chi connectivity index (χ4n) is 2.40. The highest BCUT2D eigenvalue weighted by Crippen LogP contribution is 2.08. The van der Waals surface area contributed by atoms with Gasteiger partial charge in [-0.25, -0.2) is 14.4 Å². The van der Waals surface area contributed by atoms with Crippen LogP contribution in [0.1, 0.15) is 40.2 Å². The van der Waals surface area contributed by atoms with Crippen LogP contribution >= 0.6 is 0 Å². The molecule has 0 spiro atoms. The van der Waals surface area contributed by atoms with Gasteiger partial charge in [0.1, 0.15) is 17.8 Å². The van der Waals surface area contributed by atoms with Crippen molar-refractivity contribution in [3.63, 3.8) is 0 Å². The zero-order valence-corrected chi connectivity index (χ0v) is 17.4. The van der Waals surface area contributed by atoms with Gasteiger partial charge in [-0.05, 0) is 32.3 Å². The third kappa shape index (κ3) is 8.75. The average Bonchev–Trinajstić information content (AvgIpc) is 2.57. The number of urea groups is 1. The van der Waals surface area contributed by atoms with Crippen molar-refractivity contribution in [2.24, 2.45) is 5.92 Å². The van der Waals surface area contributed by atoms with Crippen LogP contribution in [-0.2, 0) is 20.7 Å². The molecule has 0 saturated carbocycles. The second-order valence-electron chi connectivity index (χ2n) is 7.75. The summed E-state index contributed by atoms with van der Waals surface area (Å²) in [5.41, 5.74) is 0.245. The summed E-state index contributed by atoms with van der Waals surface area (Å²) in [6.45, 7) is 8.85. The van der Waals surface area contributed by atoms with Crippen LogP contribution in [0, 0.1) is 5.92 Å². The standard InChI is InChI=1S/C20H31N3O5/c1-13(2)16(17(24)27-6)23-18(25)21-15(12-14-10-8-7-9-11-14)22-19(26)28-20(3,4)5/h7-11,13,15-16H,12H2,1-6H3,(H,22,26)(H2,21,23,25)/t15-,16+/m1/s1. The Morgan fingerprint density at radius 1 is 1.00 bits per heavy atom. The highest BCUT2D eigenvalue weighted by Gasteiger charge is 2.27. The molecule has 0 aliphatic carbocycles. The summed E-state index contributed by atoms with van der Waals surface area (Å²) in [5, 5.41) is 7.91. The summed E-state index contributed by atoms with van der Waals surface area (Å²) < 4.78 is 9.99. The van der Waals surface area contributed by atoms with Gasteiger partial charge in [0, 0.05) is 6.42 Å². The van der Waals surface area contributed by atoms with Crippen LogP contribution in [0.2, 0.25) is 0 Å². The van der Waals surface area contributed by atoms with Gasteiger partial charge in [0.05, 0.1) is 7.11 Å². The number of nitrogens with one attached hydrogen (secondary N) is 3. The van der Waals surface area contributed by atoms with Crippen molar-refractivity contribution >= 4 is 18.1 Å². The number of methoxy groups -OCH3 is 1. The molecule has 1 aromatic rings. The molecule has 0 unspecified atom stereocenters. The normalized spacial score (nSPS) is 13.2. The summed E-state index contributed by atoms with van der Waals surface area (Å²) in [6, 6.07) is 7.98. The predicted molar refractivity (Wildman–Crippen MR) is 106 cm³/mol. The lowest BCUT2D eigenvalue weighted by molar-refractivity contribution is -0.144. The molecule has 3 amide bonds. The monoisotopic (exact) mass is 393 g/mol. The molecule has 3 N–H and O–H groups in total. The number of esters is 1. The van der Waals surface area contributed by atoms with E-state index in [4.69, 9.17) is 9.47 Å². The highest BCUT2D eigenvalue weighted by molar-refractivity contribution is 5.84. The van der Waals surface area contributed by atoms with E-state index in [0.29, 0.717) is 6.42 Å². The van der Waals surface area contributed by atoms with Crippen LogP contribution in [0.3, 0.4) is 0 Å². The number of carbonyl (C=O) groups is 3. The van der Waals surface area contributed by atoms with Crippen molar-refractivity contribution in [1.82, 2.24) is 16.0 Å². The van der Waals surface area contributed by atoms with E-state index in [0.717, 1.165) is 5.56 Å². The zero-order chi connectivity index (χ0) is 21.3. The first-order valence-electron chi connectivity index (χ1n) is 9.20. The Morgan fingerprint density at radius 2 is 1.61 bits per heavy atom. The molecule has 0 aliphatic rings. The van der Waals surface area contributed by atoms with Crippen LogP contribution in [-0.4, -0.2) is 43.0 Å². The number of alkyl carbamates (subject to hydrolysis) is 1. The zero-order valence-electron chi connectivity index (χ0n) is 17.4. The minimum atomic E-state index is -0.802. The van der Waals surface area contributed by atoms with Crippen LogP contribution in [0.15, 0.2) is 30.3 Å². The molecule has 28 heavy (non-hydrogen) atoms. The van der Waals surface area contributed by atoms with Gasteiger partial charge >= 0.3 is 18.1 Å². The number of benzene rings is 1. The van der Waals surface area contributed by atoms with Crippen molar-refractivity contribution in [3.05, 3.63) is 35.9 Å². The van der Waals surface area contributed by atoms with Gasteiger partial charge in [-0.15, -0.1) is 0 Å². The number of hydrogen-bond acceptors (Lipinski definition) is 5. The molecule has 156 valence electrons. The molecule has 8 heteroatoms. The van der Waals surface area contributed by atoms with Gasteiger partial charge in [0.25, 0.3) is 0 Å². The second kappa shape index (κ2) is 10.5. The largest absolute Gasteiger partial charge is 0.467 e. The van der Waals surface area contributed by atoms with Gasteiger partial charge in [-0.3, -0.25) is 0 Å². The number of rotatable bonds is 7. The molecule has 8 nitrogen and oxygen atoms in total. The van der Waals surface area contributed by atoms with Gasteiger partial charge in [-0.1, -0.05) is 44.2 Å². The number of hydrogen-bond donors (Lipinski definition) is 3. The molecule has 0 aliphatic heterocycles. The summed E-state index contributed by atoms with van der Waals surface area (Å²) in [4.78, 5) is 36.4. The van der Waals surface area contributed by atoms with Crippen molar-refractivity contribution in [3.8, 4) is 0 Å². The quantitative estimate of drug-likeness (QED) is 0.488. The van der Waals surface area contributed by atoms with E-state index in [1.165, 1.54) is 7.11 Å². The lowest BCUT2D eigenvalue weighted by atomic mass is 10.1. The Bertz CT molecular complexity index is 656. The topological polar surface area (TPSA) is 106 Å². The first kappa shape index (κ1) is 23.3. The molecule has 0 bridgehead atoms. The molecule has 0 heterocycles. The number of amides is 3. The van der Waals surface area contributed by atoms with Gasteiger partial charge in [0.2, 0.25) is 0 Å². The van der Waals surface area contributed by atoms with Gasteiger partial charge in [0.15, 0.2) is 0 Å². The van der Waals surface area contributed by atoms with Crippen LogP contribution in [0.5, 0.6) is 0 Å². The van der Waals surface area contributed by atoms with E-state index < -0.39 is 35.9 Å². The smallest absolute Gasteiger partial charge is 0.409 e. The summed E-state index contributed by atoms with van der Waals surface area (Å²) in [5.74, 6) is -0.700. The maximum atomic E-state index is 12.4. The minimum absolute atomic E-state index is 0.162. The maximum absolute atomic E-state index is 12.4. The molecule has 2 atom stereocenters. The first-order valence-corrected chi connectivity index (χ1v) is 9.20. The van der Waals surface area contributed by atoms with E-state index >= 15 is 0 Å². The predicted octanol–water partition coefficient (Wildman–Crippen LogP) is 2.58. The Labute approximate surface area is 166 Å². The van der Waals surface area contributed by atoms with Crippen molar-refractivity contribution in [2.75, 3.05) is 7.11 Å². The molecular formula is C20H31N3O5. The highest BCUT2D eigenvalue weighted by atomic mass is 16.6. The van der Waals surface area contributed by atoms with Crippen molar-refractivity contribution < 1.29 is 23.9 Å². The van der Waals surface area contributed by atoms with Crippen molar-refractivity contribution in [1.29, 1.82) is 0 Å². The van der Waals surface area contributed by atoms with E-state index in [2.05, 4.69) is 16.0 Å². The van der Waals surface area contributed by atoms with E-state index in [1.54, 1.807) is 34.6 Å². The molecule has 0 aromatic heterocycles. The van der Waals surface area contributed by atoms with E-state index in [9.17, 15) is 14.4 Å². The summed E-state index contributed by atoms with van der Waals surface area (Å²) >= 11 is 0. The van der Waals surface area contributed by atoms with Crippen LogP contribution in [0.25, 0.3) is 0 Å². The average molecular weight is 393 g/mol. The number of carbonyl (C=O) groups excluding carboxylic acids is 3. The Hall–Kier alpha value is -2.77. The third-order valence-corrected chi connectivity index (χ3v) is 3.69. The van der Waals surface area contributed by atoms with Gasteiger partial charge in [-0.2, -0.15) is 0 Å². The van der Waals surface area contributed by atoms with Gasteiger partial charge < -0.3 is 25.4 Å². The van der Waals surface area contributed by atoms with E-state index in [1.807, 2.05) is 30.3 Å². The fraction of sp³-hybridized carbons (Fsp3) is 0.550. The summed E-state index contributed by atoms with van der Waals surface area (Å²) in [7, 11) is 1.26. The Balaban J connectivity index is 2.84.